The second-order valence-corrected chi connectivity index (χ2v) is 8.18. The zero-order valence-corrected chi connectivity index (χ0v) is 17.7. The zero-order valence-electron chi connectivity index (χ0n) is 16.9. The Labute approximate surface area is 178 Å². The molecule has 4 aromatic heterocycles. The molecule has 0 spiro atoms. The maximum absolute atomic E-state index is 13.1. The molecular weight excluding hydrogens is 402 g/mol. The van der Waals surface area contributed by atoms with Gasteiger partial charge in [0.1, 0.15) is 11.2 Å². The Hall–Kier alpha value is -2.97. The Balaban J connectivity index is 1.27. The fourth-order valence-corrected chi connectivity index (χ4v) is 4.19. The summed E-state index contributed by atoms with van der Waals surface area (Å²) in [6.45, 7) is 7.57. The van der Waals surface area contributed by atoms with E-state index in [1.165, 1.54) is 0 Å². The van der Waals surface area contributed by atoms with Crippen LogP contribution in [0.25, 0.3) is 11.3 Å². The Kier molecular flexibility index (Phi) is 4.67. The number of aryl methyl sites for hydroxylation is 2. The van der Waals surface area contributed by atoms with Gasteiger partial charge in [-0.25, -0.2) is 14.5 Å². The van der Waals surface area contributed by atoms with Crippen molar-refractivity contribution in [1.29, 1.82) is 0 Å². The van der Waals surface area contributed by atoms with Crippen LogP contribution in [0.3, 0.4) is 0 Å². The molecule has 0 aliphatic carbocycles. The zero-order chi connectivity index (χ0) is 20.8. The first kappa shape index (κ1) is 19.0. The first-order valence-electron chi connectivity index (χ1n) is 9.95. The summed E-state index contributed by atoms with van der Waals surface area (Å²) in [5, 5.41) is 5.04. The van der Waals surface area contributed by atoms with E-state index in [1.807, 2.05) is 53.7 Å². The highest BCUT2D eigenvalue weighted by Gasteiger charge is 2.25. The minimum absolute atomic E-state index is 0.00970. The molecule has 0 aromatic carbocycles. The summed E-state index contributed by atoms with van der Waals surface area (Å²) < 4.78 is 3.67. The van der Waals surface area contributed by atoms with Gasteiger partial charge in [0, 0.05) is 56.5 Å². The van der Waals surface area contributed by atoms with E-state index < -0.39 is 0 Å². The van der Waals surface area contributed by atoms with E-state index in [0.717, 1.165) is 42.4 Å². The Morgan fingerprint density at radius 3 is 2.70 bits per heavy atom. The number of piperazine rings is 1. The van der Waals surface area contributed by atoms with Crippen LogP contribution in [0, 0.1) is 13.8 Å². The van der Waals surface area contributed by atoms with Crippen LogP contribution in [0.4, 0.5) is 0 Å². The number of aromatic nitrogens is 5. The van der Waals surface area contributed by atoms with Gasteiger partial charge in [-0.05, 0) is 32.0 Å². The van der Waals surface area contributed by atoms with Crippen molar-refractivity contribution in [3.05, 3.63) is 64.5 Å². The van der Waals surface area contributed by atoms with Crippen LogP contribution in [0.2, 0.25) is 5.02 Å². The highest BCUT2D eigenvalue weighted by atomic mass is 35.5. The lowest BCUT2D eigenvalue weighted by Gasteiger charge is -2.34. The summed E-state index contributed by atoms with van der Waals surface area (Å²) in [5.74, 6) is -0.00970. The third-order valence-electron chi connectivity index (χ3n) is 5.52. The number of amides is 1. The summed E-state index contributed by atoms with van der Waals surface area (Å²) >= 11 is 6.05. The van der Waals surface area contributed by atoms with Crippen LogP contribution < -0.4 is 0 Å². The highest BCUT2D eigenvalue weighted by Crippen LogP contribution is 2.17. The molecule has 0 bridgehead atoms. The molecule has 1 saturated heterocycles. The van der Waals surface area contributed by atoms with Crippen molar-refractivity contribution in [1.82, 2.24) is 33.8 Å². The van der Waals surface area contributed by atoms with E-state index in [4.69, 9.17) is 11.6 Å². The molecule has 0 N–H and O–H groups in total. The molecule has 8 nitrogen and oxygen atoms in total. The molecule has 5 heterocycles. The van der Waals surface area contributed by atoms with E-state index in [2.05, 4.69) is 20.0 Å². The summed E-state index contributed by atoms with van der Waals surface area (Å²) in [6, 6.07) is 5.72. The molecular formula is C21H22ClN7O. The lowest BCUT2D eigenvalue weighted by molar-refractivity contribution is 0.0629. The van der Waals surface area contributed by atoms with Crippen molar-refractivity contribution in [2.24, 2.45) is 0 Å². The number of imidazole rings is 1. The van der Waals surface area contributed by atoms with Gasteiger partial charge in [-0.2, -0.15) is 5.10 Å². The average Bonchev–Trinajstić information content (AvgIpc) is 3.31. The number of rotatable bonds is 3. The van der Waals surface area contributed by atoms with Crippen molar-refractivity contribution in [3.8, 4) is 0 Å². The molecule has 1 aliphatic heterocycles. The maximum Gasteiger partial charge on any atom is 0.259 e. The van der Waals surface area contributed by atoms with Crippen molar-refractivity contribution in [3.63, 3.8) is 0 Å². The largest absolute Gasteiger partial charge is 0.336 e. The number of carbonyl (C=O) groups is 1. The van der Waals surface area contributed by atoms with Gasteiger partial charge in [-0.1, -0.05) is 11.6 Å². The van der Waals surface area contributed by atoms with Gasteiger partial charge in [0.05, 0.1) is 16.9 Å². The average molecular weight is 424 g/mol. The van der Waals surface area contributed by atoms with Crippen LogP contribution >= 0.6 is 11.6 Å². The third kappa shape index (κ3) is 3.42. The van der Waals surface area contributed by atoms with Crippen molar-refractivity contribution in [2.75, 3.05) is 26.2 Å². The van der Waals surface area contributed by atoms with E-state index in [0.29, 0.717) is 29.3 Å². The van der Waals surface area contributed by atoms with Crippen molar-refractivity contribution >= 4 is 28.8 Å². The van der Waals surface area contributed by atoms with Crippen LogP contribution in [0.5, 0.6) is 0 Å². The number of nitrogens with zero attached hydrogens (tertiary/aromatic N) is 7. The van der Waals surface area contributed by atoms with Gasteiger partial charge in [-0.15, -0.1) is 0 Å². The molecule has 1 amide bonds. The fraction of sp³-hybridized carbons (Fsp3) is 0.333. The SMILES string of the molecule is Cc1cc(C)n2ncc(C(=O)N3CCN(Cc4cn5cc(Cl)ccc5n4)CC3)c2n1. The van der Waals surface area contributed by atoms with E-state index in [9.17, 15) is 4.79 Å². The lowest BCUT2D eigenvalue weighted by atomic mass is 10.2. The quantitative estimate of drug-likeness (QED) is 0.506. The van der Waals surface area contributed by atoms with Gasteiger partial charge < -0.3 is 9.30 Å². The second kappa shape index (κ2) is 7.37. The van der Waals surface area contributed by atoms with Crippen LogP contribution in [0.1, 0.15) is 27.4 Å². The number of carbonyl (C=O) groups excluding carboxylic acids is 1. The maximum atomic E-state index is 13.1. The van der Waals surface area contributed by atoms with Gasteiger partial charge in [0.2, 0.25) is 0 Å². The first-order chi connectivity index (χ1) is 14.5. The predicted octanol–water partition coefficient (Wildman–Crippen LogP) is 2.61. The third-order valence-corrected chi connectivity index (χ3v) is 5.74. The molecule has 0 saturated carbocycles. The number of halogens is 1. The smallest absolute Gasteiger partial charge is 0.259 e. The fourth-order valence-electron chi connectivity index (χ4n) is 4.02. The van der Waals surface area contributed by atoms with Gasteiger partial charge in [-0.3, -0.25) is 9.69 Å². The lowest BCUT2D eigenvalue weighted by Crippen LogP contribution is -2.48. The Morgan fingerprint density at radius 2 is 1.90 bits per heavy atom. The molecule has 30 heavy (non-hydrogen) atoms. The van der Waals surface area contributed by atoms with Crippen molar-refractivity contribution in [2.45, 2.75) is 20.4 Å². The minimum atomic E-state index is -0.00970. The van der Waals surface area contributed by atoms with Gasteiger partial charge >= 0.3 is 0 Å². The molecule has 4 aromatic rings. The van der Waals surface area contributed by atoms with E-state index in [-0.39, 0.29) is 5.91 Å². The Bertz CT molecular complexity index is 1250. The number of hydrogen-bond donors (Lipinski definition) is 0. The van der Waals surface area contributed by atoms with Gasteiger partial charge in [0.15, 0.2) is 5.65 Å². The normalized spacial score (nSPS) is 15.4. The molecule has 1 fully saturated rings. The highest BCUT2D eigenvalue weighted by molar-refractivity contribution is 6.30. The Morgan fingerprint density at radius 1 is 1.10 bits per heavy atom. The summed E-state index contributed by atoms with van der Waals surface area (Å²) in [5.41, 5.74) is 4.92. The van der Waals surface area contributed by atoms with Crippen LogP contribution in [0.15, 0.2) is 36.8 Å². The summed E-state index contributed by atoms with van der Waals surface area (Å²) in [4.78, 5) is 26.5. The molecule has 0 atom stereocenters. The molecule has 0 radical (unpaired) electrons. The number of fused-ring (bicyclic) bond motifs is 2. The topological polar surface area (TPSA) is 71.0 Å². The predicted molar refractivity (Wildman–Crippen MR) is 114 cm³/mol. The van der Waals surface area contributed by atoms with E-state index >= 15 is 0 Å². The standard InChI is InChI=1S/C21H22ClN7O/c1-14-9-15(2)29-20(24-14)18(10-23-29)21(30)27-7-5-26(6-8-27)12-17-13-28-11-16(22)3-4-19(28)25-17/h3-4,9-11,13H,5-8,12H2,1-2H3. The van der Waals surface area contributed by atoms with Crippen molar-refractivity contribution < 1.29 is 4.79 Å². The molecule has 1 aliphatic rings. The minimum Gasteiger partial charge on any atom is -0.336 e. The van der Waals surface area contributed by atoms with Crippen LogP contribution in [-0.2, 0) is 6.54 Å². The molecule has 5 rings (SSSR count). The number of hydrogen-bond acceptors (Lipinski definition) is 5. The van der Waals surface area contributed by atoms with Gasteiger partial charge in [0.25, 0.3) is 5.91 Å². The molecule has 154 valence electrons. The monoisotopic (exact) mass is 423 g/mol. The second-order valence-electron chi connectivity index (χ2n) is 7.75. The molecule has 0 unspecified atom stereocenters. The summed E-state index contributed by atoms with van der Waals surface area (Å²) in [7, 11) is 0. The van der Waals surface area contributed by atoms with Crippen LogP contribution in [-0.4, -0.2) is 65.9 Å². The number of pyridine rings is 1. The molecule has 9 heteroatoms. The first-order valence-corrected chi connectivity index (χ1v) is 10.3. The summed E-state index contributed by atoms with van der Waals surface area (Å²) in [6.07, 6.45) is 5.50. The van der Waals surface area contributed by atoms with E-state index in [1.54, 1.807) is 10.7 Å².